The Morgan fingerprint density at radius 3 is 2.36 bits per heavy atom. The second kappa shape index (κ2) is 4.31. The van der Waals surface area contributed by atoms with Crippen molar-refractivity contribution in [3.8, 4) is 0 Å². The van der Waals surface area contributed by atoms with Crippen molar-refractivity contribution in [1.29, 1.82) is 0 Å². The van der Waals surface area contributed by atoms with Gasteiger partial charge in [-0.05, 0) is 12.1 Å². The van der Waals surface area contributed by atoms with E-state index in [-0.39, 0.29) is 5.71 Å². The van der Waals surface area contributed by atoms with E-state index in [9.17, 15) is 8.78 Å². The predicted molar refractivity (Wildman–Crippen MR) is 47.4 cm³/mol. The molecule has 0 aliphatic heterocycles. The summed E-state index contributed by atoms with van der Waals surface area (Å²) in [6, 6.07) is 3.31. The third-order valence-corrected chi connectivity index (χ3v) is 1.54. The van der Waals surface area contributed by atoms with Crippen LogP contribution in [0, 0.1) is 11.6 Å². The fraction of sp³-hybridized carbons (Fsp3) is 0. The summed E-state index contributed by atoms with van der Waals surface area (Å²) in [6.07, 6.45) is 0.751. The molecule has 4 nitrogen and oxygen atoms in total. The zero-order valence-electron chi connectivity index (χ0n) is 6.98. The number of benzene rings is 1. The maximum atomic E-state index is 13.1. The Hall–Kier alpha value is -1.98. The van der Waals surface area contributed by atoms with E-state index < -0.39 is 17.2 Å². The Kier molecular flexibility index (Phi) is 3.11. The monoisotopic (exact) mass is 199 g/mol. The average molecular weight is 199 g/mol. The van der Waals surface area contributed by atoms with E-state index in [4.69, 9.17) is 11.0 Å². The number of hydrazone groups is 1. The van der Waals surface area contributed by atoms with Gasteiger partial charge in [-0.15, -0.1) is 0 Å². The smallest absolute Gasteiger partial charge is 0.135 e. The fourth-order valence-corrected chi connectivity index (χ4v) is 0.960. The van der Waals surface area contributed by atoms with E-state index in [0.717, 1.165) is 18.3 Å². The molecule has 0 radical (unpaired) electrons. The number of nitrogens with zero attached hydrogens (tertiary/aromatic N) is 2. The molecule has 3 N–H and O–H groups in total. The van der Waals surface area contributed by atoms with Gasteiger partial charge in [0.15, 0.2) is 0 Å². The van der Waals surface area contributed by atoms with Crippen LogP contribution in [0.15, 0.2) is 28.5 Å². The molecule has 1 rings (SSSR count). The maximum Gasteiger partial charge on any atom is 0.135 e. The van der Waals surface area contributed by atoms with E-state index >= 15 is 0 Å². The van der Waals surface area contributed by atoms with Crippen molar-refractivity contribution in [1.82, 2.24) is 0 Å². The summed E-state index contributed by atoms with van der Waals surface area (Å²) >= 11 is 0. The van der Waals surface area contributed by atoms with Crippen molar-refractivity contribution in [3.05, 3.63) is 35.4 Å². The number of hydrogen-bond donors (Lipinski definition) is 2. The number of nitrogens with two attached hydrogens (primary N) is 1. The fourth-order valence-electron chi connectivity index (χ4n) is 0.960. The summed E-state index contributed by atoms with van der Waals surface area (Å²) in [5.74, 6) is 3.23. The first-order chi connectivity index (χ1) is 6.70. The first-order valence-electron chi connectivity index (χ1n) is 3.60. The lowest BCUT2D eigenvalue weighted by Gasteiger charge is -2.01. The first-order valence-corrected chi connectivity index (χ1v) is 3.60. The topological polar surface area (TPSA) is 71.0 Å². The minimum absolute atomic E-state index is 0.275. The molecule has 0 saturated carbocycles. The minimum atomic E-state index is -0.825. The highest BCUT2D eigenvalue weighted by Crippen LogP contribution is 2.12. The van der Waals surface area contributed by atoms with Crippen molar-refractivity contribution >= 4 is 11.9 Å². The van der Waals surface area contributed by atoms with Crippen LogP contribution in [-0.2, 0) is 0 Å². The van der Waals surface area contributed by atoms with Gasteiger partial charge in [0.2, 0.25) is 0 Å². The molecule has 74 valence electrons. The molecule has 0 saturated heterocycles. The first kappa shape index (κ1) is 10.1. The molecule has 0 aliphatic rings. The van der Waals surface area contributed by atoms with Gasteiger partial charge >= 0.3 is 0 Å². The van der Waals surface area contributed by atoms with E-state index in [1.807, 2.05) is 0 Å². The van der Waals surface area contributed by atoms with Gasteiger partial charge in [-0.3, -0.25) is 0 Å². The lowest BCUT2D eigenvalue weighted by atomic mass is 10.1. The van der Waals surface area contributed by atoms with Crippen LogP contribution in [-0.4, -0.2) is 17.1 Å². The highest BCUT2D eigenvalue weighted by molar-refractivity contribution is 6.38. The van der Waals surface area contributed by atoms with Crippen LogP contribution >= 0.6 is 0 Å². The lowest BCUT2D eigenvalue weighted by Crippen LogP contribution is -2.11. The van der Waals surface area contributed by atoms with Gasteiger partial charge in [-0.25, -0.2) is 8.78 Å². The van der Waals surface area contributed by atoms with E-state index in [2.05, 4.69) is 10.3 Å². The van der Waals surface area contributed by atoms with Crippen LogP contribution in [0.4, 0.5) is 8.78 Å². The molecule has 0 spiro atoms. The molecule has 0 amide bonds. The van der Waals surface area contributed by atoms with Crippen molar-refractivity contribution in [2.24, 2.45) is 16.1 Å². The lowest BCUT2D eigenvalue weighted by molar-refractivity contribution is 0.322. The van der Waals surface area contributed by atoms with Crippen LogP contribution < -0.4 is 5.84 Å². The van der Waals surface area contributed by atoms with Crippen molar-refractivity contribution in [2.75, 3.05) is 0 Å². The molecule has 0 aliphatic carbocycles. The van der Waals surface area contributed by atoms with Crippen molar-refractivity contribution in [3.63, 3.8) is 0 Å². The molecule has 0 bridgehead atoms. The number of rotatable bonds is 2. The largest absolute Gasteiger partial charge is 0.411 e. The molecule has 14 heavy (non-hydrogen) atoms. The number of halogens is 2. The Bertz CT molecular complexity index is 370. The van der Waals surface area contributed by atoms with Crippen LogP contribution in [0.3, 0.4) is 0 Å². The zero-order valence-corrected chi connectivity index (χ0v) is 6.98. The molecule has 0 unspecified atom stereocenters. The predicted octanol–water partition coefficient (Wildman–Crippen LogP) is 1.09. The quantitative estimate of drug-likeness (QED) is 0.324. The van der Waals surface area contributed by atoms with Gasteiger partial charge in [0, 0.05) is 0 Å². The standard InChI is InChI=1S/C8H7F2N3O/c9-5-2-1-3-6(10)8(5)7(13-11)4-12-14/h1-4,14H,11H2/b12-4+,13-7-. The number of oxime groups is 1. The minimum Gasteiger partial charge on any atom is -0.411 e. The van der Waals surface area contributed by atoms with Gasteiger partial charge in [0.25, 0.3) is 0 Å². The van der Waals surface area contributed by atoms with Gasteiger partial charge in [-0.2, -0.15) is 5.10 Å². The highest BCUT2D eigenvalue weighted by Gasteiger charge is 2.13. The Balaban J connectivity index is 3.30. The molecule has 0 fully saturated rings. The second-order valence-corrected chi connectivity index (χ2v) is 2.36. The molecule has 6 heteroatoms. The average Bonchev–Trinajstić information content (AvgIpc) is 2.16. The molecular weight excluding hydrogens is 192 g/mol. The van der Waals surface area contributed by atoms with Crippen molar-refractivity contribution < 1.29 is 14.0 Å². The van der Waals surface area contributed by atoms with Gasteiger partial charge in [0.1, 0.15) is 17.3 Å². The van der Waals surface area contributed by atoms with E-state index in [1.165, 1.54) is 6.07 Å². The summed E-state index contributed by atoms with van der Waals surface area (Å²) < 4.78 is 26.2. The third kappa shape index (κ3) is 1.85. The molecule has 0 heterocycles. The Morgan fingerprint density at radius 1 is 1.36 bits per heavy atom. The van der Waals surface area contributed by atoms with Gasteiger partial charge < -0.3 is 11.0 Å². The molecule has 1 aromatic rings. The molecular formula is C8H7F2N3O. The normalized spacial score (nSPS) is 12.3. The summed E-state index contributed by atoms with van der Waals surface area (Å²) in [4.78, 5) is 0. The highest BCUT2D eigenvalue weighted by atomic mass is 19.1. The second-order valence-electron chi connectivity index (χ2n) is 2.36. The SMILES string of the molecule is N/N=C(/C=N/O)c1c(F)cccc1F. The Labute approximate surface area is 78.3 Å². The van der Waals surface area contributed by atoms with Gasteiger partial charge in [-0.1, -0.05) is 11.2 Å². The van der Waals surface area contributed by atoms with E-state index in [1.54, 1.807) is 0 Å². The zero-order chi connectivity index (χ0) is 10.6. The summed E-state index contributed by atoms with van der Waals surface area (Å²) in [7, 11) is 0. The molecule has 0 aromatic heterocycles. The van der Waals surface area contributed by atoms with Crippen LogP contribution in [0.5, 0.6) is 0 Å². The Morgan fingerprint density at radius 2 is 1.93 bits per heavy atom. The van der Waals surface area contributed by atoms with Crippen LogP contribution in [0.2, 0.25) is 0 Å². The van der Waals surface area contributed by atoms with Crippen LogP contribution in [0.25, 0.3) is 0 Å². The molecule has 1 aromatic carbocycles. The summed E-state index contributed by atoms with van der Waals surface area (Å²) in [5.41, 5.74) is -0.698. The van der Waals surface area contributed by atoms with E-state index in [0.29, 0.717) is 0 Å². The van der Waals surface area contributed by atoms with Crippen molar-refractivity contribution in [2.45, 2.75) is 0 Å². The van der Waals surface area contributed by atoms with Crippen LogP contribution in [0.1, 0.15) is 5.56 Å². The third-order valence-electron chi connectivity index (χ3n) is 1.54. The summed E-state index contributed by atoms with van der Waals surface area (Å²) in [6.45, 7) is 0. The summed E-state index contributed by atoms with van der Waals surface area (Å²) in [5, 5.41) is 13.9. The number of hydrogen-bond acceptors (Lipinski definition) is 4. The van der Waals surface area contributed by atoms with Gasteiger partial charge in [0.05, 0.1) is 11.8 Å². The molecule has 0 atom stereocenters. The maximum absolute atomic E-state index is 13.1.